The van der Waals surface area contributed by atoms with E-state index < -0.39 is 0 Å². The maximum Gasteiger partial charge on any atom is 0.254 e. The van der Waals surface area contributed by atoms with Crippen molar-refractivity contribution < 1.29 is 9.53 Å². The lowest BCUT2D eigenvalue weighted by molar-refractivity contribution is -0.121. The molecule has 2 aromatic rings. The Morgan fingerprint density at radius 1 is 1.37 bits per heavy atom. The van der Waals surface area contributed by atoms with Gasteiger partial charge in [0.1, 0.15) is 5.75 Å². The summed E-state index contributed by atoms with van der Waals surface area (Å²) in [5, 5.41) is 3.63. The summed E-state index contributed by atoms with van der Waals surface area (Å²) in [7, 11) is 1.61. The van der Waals surface area contributed by atoms with E-state index in [1.807, 2.05) is 45.0 Å². The van der Waals surface area contributed by atoms with Crippen molar-refractivity contribution in [3.63, 3.8) is 0 Å². The summed E-state index contributed by atoms with van der Waals surface area (Å²) >= 11 is 1.53. The van der Waals surface area contributed by atoms with Crippen LogP contribution in [0.2, 0.25) is 0 Å². The fraction of sp³-hybridized carbons (Fsp3) is 0.450. The molecule has 0 spiro atoms. The van der Waals surface area contributed by atoms with Crippen LogP contribution < -0.4 is 15.6 Å². The maximum absolute atomic E-state index is 12.6. The van der Waals surface area contributed by atoms with Crippen molar-refractivity contribution in [1.29, 1.82) is 0 Å². The molecule has 6 nitrogen and oxygen atoms in total. The van der Waals surface area contributed by atoms with Crippen molar-refractivity contribution in [2.45, 2.75) is 50.4 Å². The first-order valence-electron chi connectivity index (χ1n) is 8.95. The van der Waals surface area contributed by atoms with Crippen molar-refractivity contribution in [3.8, 4) is 5.75 Å². The van der Waals surface area contributed by atoms with Crippen molar-refractivity contribution in [1.82, 2.24) is 14.9 Å². The molecule has 3 rings (SSSR count). The summed E-state index contributed by atoms with van der Waals surface area (Å²) in [6.45, 7) is 6.50. The minimum absolute atomic E-state index is 0.0857. The third kappa shape index (κ3) is 4.35. The molecule has 7 heteroatoms. The van der Waals surface area contributed by atoms with Crippen LogP contribution in [0.5, 0.6) is 5.75 Å². The molecule has 0 fully saturated rings. The number of hydrogen-bond donors (Lipinski definition) is 1. The van der Waals surface area contributed by atoms with E-state index in [1.54, 1.807) is 17.7 Å². The van der Waals surface area contributed by atoms with Gasteiger partial charge >= 0.3 is 0 Å². The maximum atomic E-state index is 12.6. The molecule has 1 aromatic heterocycles. The first-order valence-corrected chi connectivity index (χ1v) is 9.93. The van der Waals surface area contributed by atoms with Gasteiger partial charge in [0.05, 0.1) is 18.8 Å². The molecule has 1 aromatic carbocycles. The highest BCUT2D eigenvalue weighted by molar-refractivity contribution is 7.99. The van der Waals surface area contributed by atoms with Gasteiger partial charge in [-0.1, -0.05) is 50.7 Å². The van der Waals surface area contributed by atoms with E-state index >= 15 is 0 Å². The number of carbonyl (C=O) groups is 1. The number of amides is 1. The molecule has 1 amide bonds. The molecule has 0 aliphatic carbocycles. The molecule has 1 aliphatic rings. The van der Waals surface area contributed by atoms with E-state index in [9.17, 15) is 9.59 Å². The molecule has 2 heterocycles. The minimum Gasteiger partial charge on any atom is -0.496 e. The zero-order valence-corrected chi connectivity index (χ0v) is 16.9. The van der Waals surface area contributed by atoms with Gasteiger partial charge in [0.2, 0.25) is 5.91 Å². The molecule has 0 radical (unpaired) electrons. The average Bonchev–Trinajstić information content (AvgIpc) is 3.02. The first-order chi connectivity index (χ1) is 12.8. The standard InChI is InChI=1S/C20H25N3O3S/c1-20(2,3)16-10-18(25)23-14(12-27-19(23)22-16)9-17(24)21-11-13-7-5-6-8-15(13)26-4/h5-8,10,14H,9,11-12H2,1-4H3,(H,21,24). The lowest BCUT2D eigenvalue weighted by Gasteiger charge is -2.19. The van der Waals surface area contributed by atoms with E-state index in [4.69, 9.17) is 4.74 Å². The second-order valence-corrected chi connectivity index (χ2v) is 8.63. The molecule has 1 N–H and O–H groups in total. The summed E-state index contributed by atoms with van der Waals surface area (Å²) in [6, 6.07) is 9.01. The number of carbonyl (C=O) groups excluding carboxylic acids is 1. The van der Waals surface area contributed by atoms with Crippen LogP contribution in [0.4, 0.5) is 0 Å². The highest BCUT2D eigenvalue weighted by Gasteiger charge is 2.29. The summed E-state index contributed by atoms with van der Waals surface area (Å²) in [4.78, 5) is 29.7. The topological polar surface area (TPSA) is 73.2 Å². The lowest BCUT2D eigenvalue weighted by atomic mass is 9.92. The average molecular weight is 388 g/mol. The third-order valence-corrected chi connectivity index (χ3v) is 5.65. The Bertz CT molecular complexity index is 902. The predicted molar refractivity (Wildman–Crippen MR) is 106 cm³/mol. The van der Waals surface area contributed by atoms with Crippen molar-refractivity contribution in [2.75, 3.05) is 12.9 Å². The van der Waals surface area contributed by atoms with Gasteiger partial charge in [-0.15, -0.1) is 0 Å². The summed E-state index contributed by atoms with van der Waals surface area (Å²) in [6.07, 6.45) is 0.256. The Balaban J connectivity index is 1.68. The third-order valence-electron chi connectivity index (χ3n) is 4.55. The van der Waals surface area contributed by atoms with Gasteiger partial charge in [-0.05, 0) is 6.07 Å². The normalized spacial score (nSPS) is 16.1. The Kier molecular flexibility index (Phi) is 5.60. The van der Waals surface area contributed by atoms with Crippen LogP contribution in [0.15, 0.2) is 40.3 Å². The van der Waals surface area contributed by atoms with Gasteiger partial charge in [0, 0.05) is 35.8 Å². The number of benzene rings is 1. The van der Waals surface area contributed by atoms with Crippen molar-refractivity contribution >= 4 is 17.7 Å². The summed E-state index contributed by atoms with van der Waals surface area (Å²) in [5.41, 5.74) is 1.44. The van der Waals surface area contributed by atoms with Gasteiger partial charge in [0.15, 0.2) is 5.16 Å². The summed E-state index contributed by atoms with van der Waals surface area (Å²) in [5.74, 6) is 1.33. The van der Waals surface area contributed by atoms with Gasteiger partial charge in [-0.25, -0.2) is 4.98 Å². The molecule has 0 bridgehead atoms. The summed E-state index contributed by atoms with van der Waals surface area (Å²) < 4.78 is 6.96. The number of methoxy groups -OCH3 is 1. The largest absolute Gasteiger partial charge is 0.496 e. The molecular weight excluding hydrogens is 362 g/mol. The molecule has 1 atom stereocenters. The highest BCUT2D eigenvalue weighted by atomic mass is 32.2. The molecule has 1 unspecified atom stereocenters. The van der Waals surface area contributed by atoms with Crippen LogP contribution in [-0.4, -0.2) is 28.3 Å². The second-order valence-electron chi connectivity index (χ2n) is 7.64. The number of fused-ring (bicyclic) bond motifs is 1. The zero-order chi connectivity index (χ0) is 19.6. The van der Waals surface area contributed by atoms with Gasteiger partial charge in [-0.2, -0.15) is 0 Å². The molecule has 0 saturated heterocycles. The van der Waals surface area contributed by atoms with Crippen LogP contribution >= 0.6 is 11.8 Å². The molecule has 0 saturated carbocycles. The Morgan fingerprint density at radius 3 is 2.81 bits per heavy atom. The zero-order valence-electron chi connectivity index (χ0n) is 16.1. The second kappa shape index (κ2) is 7.76. The Labute approximate surface area is 163 Å². The fourth-order valence-electron chi connectivity index (χ4n) is 3.02. The van der Waals surface area contributed by atoms with E-state index in [0.29, 0.717) is 17.5 Å². The Hall–Kier alpha value is -2.28. The van der Waals surface area contributed by atoms with E-state index in [1.165, 1.54) is 11.8 Å². The number of aromatic nitrogens is 2. The number of ether oxygens (including phenoxy) is 1. The number of thioether (sulfide) groups is 1. The minimum atomic E-state index is -0.181. The molecule has 1 aliphatic heterocycles. The van der Waals surface area contributed by atoms with Crippen LogP contribution in [0.1, 0.15) is 44.5 Å². The number of nitrogens with one attached hydrogen (secondary N) is 1. The fourth-order valence-corrected chi connectivity index (χ4v) is 4.17. The first kappa shape index (κ1) is 19.5. The molecule has 144 valence electrons. The van der Waals surface area contributed by atoms with Gasteiger partial charge in [-0.3, -0.25) is 14.2 Å². The number of rotatable bonds is 5. The number of hydrogen-bond acceptors (Lipinski definition) is 5. The predicted octanol–water partition coefficient (Wildman–Crippen LogP) is 2.90. The van der Waals surface area contributed by atoms with E-state index in [0.717, 1.165) is 17.0 Å². The molecule has 27 heavy (non-hydrogen) atoms. The van der Waals surface area contributed by atoms with E-state index in [-0.39, 0.29) is 29.3 Å². The highest BCUT2D eigenvalue weighted by Crippen LogP contribution is 2.33. The van der Waals surface area contributed by atoms with Crippen LogP contribution in [0.3, 0.4) is 0 Å². The van der Waals surface area contributed by atoms with Gasteiger partial charge < -0.3 is 10.1 Å². The van der Waals surface area contributed by atoms with E-state index in [2.05, 4.69) is 10.3 Å². The Morgan fingerprint density at radius 2 is 2.11 bits per heavy atom. The number of nitrogens with zero attached hydrogens (tertiary/aromatic N) is 2. The van der Waals surface area contributed by atoms with Crippen molar-refractivity contribution in [2.24, 2.45) is 0 Å². The smallest absolute Gasteiger partial charge is 0.254 e. The SMILES string of the molecule is COc1ccccc1CNC(=O)CC1CSc2nc(C(C)(C)C)cc(=O)n21. The van der Waals surface area contributed by atoms with Gasteiger partial charge in [0.25, 0.3) is 5.56 Å². The van der Waals surface area contributed by atoms with Crippen molar-refractivity contribution in [3.05, 3.63) is 51.9 Å². The number of para-hydroxylation sites is 1. The molecular formula is C20H25N3O3S. The monoisotopic (exact) mass is 387 g/mol. The van der Waals surface area contributed by atoms with Crippen LogP contribution in [0.25, 0.3) is 0 Å². The lowest BCUT2D eigenvalue weighted by Crippen LogP contribution is -2.31. The quantitative estimate of drug-likeness (QED) is 0.799. The van der Waals surface area contributed by atoms with Crippen LogP contribution in [0, 0.1) is 0 Å². The van der Waals surface area contributed by atoms with Crippen LogP contribution in [-0.2, 0) is 16.8 Å².